The molecule has 6 atom stereocenters. The van der Waals surface area contributed by atoms with E-state index in [4.69, 9.17) is 22.1 Å². The normalized spacial score (nSPS) is 33.4. The van der Waals surface area contributed by atoms with Gasteiger partial charge in [-0.1, -0.05) is 11.6 Å². The number of carbonyl (C=O) groups is 4. The number of halogens is 1. The highest BCUT2D eigenvalue weighted by molar-refractivity contribution is 6.33. The number of likely N-dealkylation sites (N-methyl/N-ethyl adjacent to an activating group) is 1. The first-order valence-corrected chi connectivity index (χ1v) is 14.0. The molecule has 3 fully saturated rings. The summed E-state index contributed by atoms with van der Waals surface area (Å²) in [5, 5.41) is 22.0. The van der Waals surface area contributed by atoms with Crippen molar-refractivity contribution >= 4 is 34.9 Å². The quantitative estimate of drug-likeness (QED) is 0.466. The van der Waals surface area contributed by atoms with E-state index in [1.807, 2.05) is 7.05 Å². The van der Waals surface area contributed by atoms with E-state index >= 15 is 0 Å². The fourth-order valence-corrected chi connectivity index (χ4v) is 7.81. The number of phenols is 1. The summed E-state index contributed by atoms with van der Waals surface area (Å²) >= 11 is 6.87. The Morgan fingerprint density at radius 3 is 2.48 bits per heavy atom. The van der Waals surface area contributed by atoms with Crippen LogP contribution in [0.3, 0.4) is 0 Å². The number of hydrogen-bond donors (Lipinski definition) is 2. The van der Waals surface area contributed by atoms with Crippen LogP contribution in [0.15, 0.2) is 6.07 Å². The number of phenolic OH excluding ortho intramolecular Hbond substituents is 1. The van der Waals surface area contributed by atoms with Gasteiger partial charge in [0.2, 0.25) is 5.91 Å². The molecule has 0 spiro atoms. The van der Waals surface area contributed by atoms with E-state index in [0.29, 0.717) is 28.6 Å². The minimum atomic E-state index is -1.69. The molecular weight excluding hydrogens is 536 g/mol. The van der Waals surface area contributed by atoms with Crippen molar-refractivity contribution in [3.8, 4) is 11.8 Å². The Labute approximate surface area is 238 Å². The Kier molecular flexibility index (Phi) is 7.11. The molecule has 10 nitrogen and oxygen atoms in total. The summed E-state index contributed by atoms with van der Waals surface area (Å²) in [6, 6.07) is 2.80. The van der Waals surface area contributed by atoms with Gasteiger partial charge in [0.25, 0.3) is 0 Å². The van der Waals surface area contributed by atoms with Crippen molar-refractivity contribution in [1.82, 2.24) is 9.80 Å². The van der Waals surface area contributed by atoms with Crippen molar-refractivity contribution in [1.29, 1.82) is 5.26 Å². The molecule has 40 heavy (non-hydrogen) atoms. The lowest BCUT2D eigenvalue weighted by Gasteiger charge is -2.57. The van der Waals surface area contributed by atoms with Gasteiger partial charge in [-0.25, -0.2) is 0 Å². The van der Waals surface area contributed by atoms with Crippen LogP contribution in [-0.2, 0) is 32.1 Å². The predicted octanol–water partition coefficient (Wildman–Crippen LogP) is 1.73. The maximum Gasteiger partial charge on any atom is 0.228 e. The third-order valence-electron chi connectivity index (χ3n) is 9.55. The van der Waals surface area contributed by atoms with Gasteiger partial charge in [0.05, 0.1) is 23.1 Å². The second kappa shape index (κ2) is 9.91. The minimum Gasteiger partial charge on any atom is -0.507 e. The lowest BCUT2D eigenvalue weighted by Crippen LogP contribution is -2.72. The second-order valence-corrected chi connectivity index (χ2v) is 12.7. The largest absolute Gasteiger partial charge is 0.507 e. The summed E-state index contributed by atoms with van der Waals surface area (Å²) in [6.45, 7) is 1.34. The number of Topliss-reactive ketones (excluding diaryl/α,β-unsaturated/α-hetero) is 3. The maximum atomic E-state index is 14.4. The molecule has 214 valence electrons. The second-order valence-electron chi connectivity index (χ2n) is 12.3. The van der Waals surface area contributed by atoms with Crippen molar-refractivity contribution in [2.45, 2.75) is 50.3 Å². The number of benzene rings is 1. The number of carbonyl (C=O) groups excluding carboxylic acids is 4. The van der Waals surface area contributed by atoms with Crippen molar-refractivity contribution in [3.63, 3.8) is 0 Å². The van der Waals surface area contributed by atoms with E-state index in [9.17, 15) is 29.5 Å². The molecule has 1 amide bonds. The topological polar surface area (TPSA) is 154 Å². The fraction of sp³-hybridized carbons (Fsp3) is 0.621. The van der Waals surface area contributed by atoms with E-state index in [1.54, 1.807) is 19.0 Å². The maximum absolute atomic E-state index is 14.4. The van der Waals surface area contributed by atoms with Crippen LogP contribution in [0, 0.1) is 40.4 Å². The molecular formula is C29H35ClN4O6. The summed E-state index contributed by atoms with van der Waals surface area (Å²) in [5.41, 5.74) is 3.29. The van der Waals surface area contributed by atoms with Crippen molar-refractivity contribution in [2.75, 3.05) is 34.8 Å². The van der Waals surface area contributed by atoms with Crippen molar-refractivity contribution < 1.29 is 29.0 Å². The van der Waals surface area contributed by atoms with Crippen LogP contribution in [0.2, 0.25) is 5.02 Å². The summed E-state index contributed by atoms with van der Waals surface area (Å²) in [7, 11) is 6.59. The molecule has 1 aromatic rings. The van der Waals surface area contributed by atoms with Gasteiger partial charge in [-0.05, 0) is 69.9 Å². The number of aromatic hydroxyl groups is 1. The number of rotatable bonds is 7. The highest BCUT2D eigenvalue weighted by Crippen LogP contribution is 2.58. The highest BCUT2D eigenvalue weighted by atomic mass is 35.5. The molecule has 5 rings (SSSR count). The first-order valence-electron chi connectivity index (χ1n) is 13.6. The van der Waals surface area contributed by atoms with Gasteiger partial charge in [-0.3, -0.25) is 24.1 Å². The summed E-state index contributed by atoms with van der Waals surface area (Å²) in [4.78, 5) is 58.0. The van der Waals surface area contributed by atoms with Gasteiger partial charge >= 0.3 is 0 Å². The number of nitrogens with zero attached hydrogens (tertiary/aromatic N) is 3. The van der Waals surface area contributed by atoms with Gasteiger partial charge in [0, 0.05) is 37.6 Å². The first kappa shape index (κ1) is 28.7. The lowest BCUT2D eigenvalue weighted by molar-refractivity contribution is -0.186. The molecule has 6 unspecified atom stereocenters. The van der Waals surface area contributed by atoms with Gasteiger partial charge in [0.15, 0.2) is 17.3 Å². The zero-order chi connectivity index (χ0) is 29.3. The molecule has 4 aliphatic rings. The Balaban J connectivity index is 1.63. The molecule has 0 saturated heterocycles. The average molecular weight is 571 g/mol. The summed E-state index contributed by atoms with van der Waals surface area (Å²) < 4.78 is 5.84. The minimum absolute atomic E-state index is 0.0120. The Morgan fingerprint density at radius 1 is 1.25 bits per heavy atom. The standard InChI is InChI=1S/C29H35ClN4O6/c1-33(2)23-18-10-28(13-31)8-16-20(19(35)7-15(22(16)30)12-34(3)11-14-5-6-14)25(37)21(28)26(38)29(18,40-4)9-17(24(23)36)27(32)39/h7,14,17-18,21,23,35H,5-6,8-12H2,1-4H3,(H2,32,39). The first-order chi connectivity index (χ1) is 18.8. The van der Waals surface area contributed by atoms with Crippen LogP contribution in [0.1, 0.15) is 47.2 Å². The van der Waals surface area contributed by atoms with E-state index in [1.165, 1.54) is 26.0 Å². The molecule has 0 radical (unpaired) electrons. The van der Waals surface area contributed by atoms with Crippen LogP contribution in [0.25, 0.3) is 0 Å². The van der Waals surface area contributed by atoms with Gasteiger partial charge in [-0.2, -0.15) is 5.26 Å². The number of nitrogens with two attached hydrogens (primary N) is 1. The molecule has 0 heterocycles. The Hall–Kier alpha value is -2.84. The van der Waals surface area contributed by atoms with Crippen LogP contribution in [0.4, 0.5) is 0 Å². The zero-order valence-electron chi connectivity index (χ0n) is 23.2. The van der Waals surface area contributed by atoms with E-state index in [0.717, 1.165) is 6.54 Å². The monoisotopic (exact) mass is 570 g/mol. The third kappa shape index (κ3) is 4.17. The van der Waals surface area contributed by atoms with E-state index in [2.05, 4.69) is 11.0 Å². The van der Waals surface area contributed by atoms with E-state index < -0.39 is 58.1 Å². The summed E-state index contributed by atoms with van der Waals surface area (Å²) in [5.74, 6) is -5.88. The molecule has 4 aliphatic carbocycles. The van der Waals surface area contributed by atoms with Gasteiger partial charge < -0.3 is 20.5 Å². The lowest BCUT2D eigenvalue weighted by atomic mass is 9.47. The molecule has 1 aromatic carbocycles. The predicted molar refractivity (Wildman–Crippen MR) is 144 cm³/mol. The SMILES string of the molecule is COC12CC(C(N)=O)C(=O)C(N(C)C)C1CC1(C#N)Cc3c(Cl)c(CN(C)CC4CC4)cc(O)c3C(=O)C1C2=O. The summed E-state index contributed by atoms with van der Waals surface area (Å²) in [6.07, 6.45) is 2.01. The number of fused-ring (bicyclic) bond motifs is 3. The molecule has 0 bridgehead atoms. The third-order valence-corrected chi connectivity index (χ3v) is 10.0. The van der Waals surface area contributed by atoms with Crippen LogP contribution < -0.4 is 5.73 Å². The van der Waals surface area contributed by atoms with Crippen LogP contribution in [0.5, 0.6) is 5.75 Å². The number of hydrogen-bond acceptors (Lipinski definition) is 9. The molecule has 3 saturated carbocycles. The number of ketones is 3. The van der Waals surface area contributed by atoms with Gasteiger partial charge in [-0.15, -0.1) is 0 Å². The number of nitriles is 1. The highest BCUT2D eigenvalue weighted by Gasteiger charge is 2.70. The van der Waals surface area contributed by atoms with Crippen LogP contribution in [-0.4, -0.2) is 84.6 Å². The van der Waals surface area contributed by atoms with Crippen molar-refractivity contribution in [3.05, 3.63) is 27.8 Å². The average Bonchev–Trinajstić information content (AvgIpc) is 3.70. The molecule has 3 N–H and O–H groups in total. The van der Waals surface area contributed by atoms with Gasteiger partial charge in [0.1, 0.15) is 23.2 Å². The van der Waals surface area contributed by atoms with Crippen LogP contribution >= 0.6 is 11.6 Å². The number of methoxy groups -OCH3 is 1. The Morgan fingerprint density at radius 2 is 1.93 bits per heavy atom. The molecule has 0 aromatic heterocycles. The zero-order valence-corrected chi connectivity index (χ0v) is 24.0. The Bertz CT molecular complexity index is 1350. The van der Waals surface area contributed by atoms with Crippen molar-refractivity contribution in [2.24, 2.45) is 34.8 Å². The molecule has 0 aliphatic heterocycles. The smallest absolute Gasteiger partial charge is 0.228 e. The number of ether oxygens (including phenoxy) is 1. The number of primary amides is 1. The van der Waals surface area contributed by atoms with E-state index in [-0.39, 0.29) is 30.6 Å². The number of amides is 1. The fourth-order valence-electron chi connectivity index (χ4n) is 7.54. The molecule has 11 heteroatoms.